The Morgan fingerprint density at radius 2 is 1.65 bits per heavy atom. The highest BCUT2D eigenvalue weighted by Gasteiger charge is 2.38. The molecule has 0 saturated carbocycles. The molecule has 0 unspecified atom stereocenters. The molecule has 0 spiro atoms. The van der Waals surface area contributed by atoms with E-state index in [1.54, 1.807) is 6.08 Å². The van der Waals surface area contributed by atoms with Crippen LogP contribution in [0.3, 0.4) is 0 Å². The van der Waals surface area contributed by atoms with Gasteiger partial charge in [0.25, 0.3) is 0 Å². The van der Waals surface area contributed by atoms with Gasteiger partial charge in [-0.1, -0.05) is 19.9 Å². The van der Waals surface area contributed by atoms with E-state index in [1.807, 2.05) is 20.9 Å². The monoisotopic (exact) mass is 291 g/mol. The Hall–Kier alpha value is -0.970. The van der Waals surface area contributed by atoms with Crippen LogP contribution in [0.5, 0.6) is 0 Å². The summed E-state index contributed by atoms with van der Waals surface area (Å²) in [5, 5.41) is 0. The van der Waals surface area contributed by atoms with E-state index in [9.17, 15) is 13.2 Å². The second-order valence-corrected chi connectivity index (χ2v) is 4.88. The quantitative estimate of drug-likeness (QED) is 0.752. The maximum Gasteiger partial charge on any atom is 0.419 e. The molecule has 0 amide bonds. The number of nitrogens with zero attached hydrogens (tertiary/aromatic N) is 1. The molecule has 0 atom stereocenters. The molecule has 116 valence electrons. The van der Waals surface area contributed by atoms with Gasteiger partial charge < -0.3 is 9.64 Å². The highest BCUT2D eigenvalue weighted by atomic mass is 19.4. The Bertz CT molecular complexity index is 353. The number of allylic oxidation sites excluding steroid dienone is 3. The van der Waals surface area contributed by atoms with Crippen molar-refractivity contribution in [3.05, 3.63) is 23.5 Å². The van der Waals surface area contributed by atoms with Crippen molar-refractivity contribution in [1.82, 2.24) is 4.90 Å². The first-order chi connectivity index (χ1) is 9.47. The maximum atomic E-state index is 12.8. The molecule has 5 heteroatoms. The summed E-state index contributed by atoms with van der Waals surface area (Å²) >= 11 is 0. The lowest BCUT2D eigenvalue weighted by Gasteiger charge is -2.31. The van der Waals surface area contributed by atoms with Crippen LogP contribution in [0.2, 0.25) is 0 Å². The summed E-state index contributed by atoms with van der Waals surface area (Å²) in [5.74, 6) is 0.0308. The van der Waals surface area contributed by atoms with E-state index < -0.39 is 11.7 Å². The van der Waals surface area contributed by atoms with Crippen LogP contribution in [0.25, 0.3) is 0 Å². The van der Waals surface area contributed by atoms with Crippen molar-refractivity contribution < 1.29 is 17.9 Å². The van der Waals surface area contributed by atoms with Gasteiger partial charge in [-0.25, -0.2) is 0 Å². The van der Waals surface area contributed by atoms with E-state index in [1.165, 1.54) is 6.08 Å². The van der Waals surface area contributed by atoms with Gasteiger partial charge in [-0.3, -0.25) is 0 Å². The molecule has 2 nitrogen and oxygen atoms in total. The molecule has 2 aliphatic rings. The van der Waals surface area contributed by atoms with Crippen LogP contribution in [0.15, 0.2) is 23.5 Å². The Morgan fingerprint density at radius 3 is 2.20 bits per heavy atom. The second kappa shape index (κ2) is 7.72. The molecule has 1 fully saturated rings. The molecule has 1 saturated heterocycles. The molecule has 0 bridgehead atoms. The zero-order valence-corrected chi connectivity index (χ0v) is 12.5. The van der Waals surface area contributed by atoms with Crippen molar-refractivity contribution in [2.24, 2.45) is 0 Å². The summed E-state index contributed by atoms with van der Waals surface area (Å²) in [6.45, 7) is 5.76. The van der Waals surface area contributed by atoms with Gasteiger partial charge in [-0.15, -0.1) is 0 Å². The number of alkyl halides is 3. The molecule has 1 aliphatic heterocycles. The summed E-state index contributed by atoms with van der Waals surface area (Å²) in [6, 6.07) is 0. The molecule has 1 heterocycles. The van der Waals surface area contributed by atoms with Crippen molar-refractivity contribution in [2.45, 2.75) is 51.8 Å². The van der Waals surface area contributed by atoms with Gasteiger partial charge in [0.05, 0.1) is 5.57 Å². The Labute approximate surface area is 119 Å². The number of piperidine rings is 1. The molecule has 0 aromatic rings. The van der Waals surface area contributed by atoms with E-state index in [-0.39, 0.29) is 11.9 Å². The van der Waals surface area contributed by atoms with E-state index in [0.717, 1.165) is 25.9 Å². The number of halogens is 3. The zero-order chi connectivity index (χ0) is 15.2. The lowest BCUT2D eigenvalue weighted by molar-refractivity contribution is -0.0969. The van der Waals surface area contributed by atoms with Crippen molar-refractivity contribution in [3.63, 3.8) is 0 Å². The van der Waals surface area contributed by atoms with Crippen LogP contribution < -0.4 is 0 Å². The van der Waals surface area contributed by atoms with Gasteiger partial charge in [0.2, 0.25) is 0 Å². The summed E-state index contributed by atoms with van der Waals surface area (Å²) in [7, 11) is 2.01. The SMILES string of the molecule is CC.CN1CCC(OC2=CCCC=C2C(F)(F)F)CC1. The fraction of sp³-hybridized carbons (Fsp3) is 0.733. The van der Waals surface area contributed by atoms with Gasteiger partial charge in [0.1, 0.15) is 11.9 Å². The Balaban J connectivity index is 0.000000956. The van der Waals surface area contributed by atoms with E-state index in [4.69, 9.17) is 4.74 Å². The zero-order valence-electron chi connectivity index (χ0n) is 12.5. The summed E-state index contributed by atoms with van der Waals surface area (Å²) < 4.78 is 44.0. The fourth-order valence-electron chi connectivity index (χ4n) is 2.30. The maximum absolute atomic E-state index is 12.8. The topological polar surface area (TPSA) is 12.5 Å². The van der Waals surface area contributed by atoms with E-state index in [2.05, 4.69) is 4.90 Å². The third-order valence-corrected chi connectivity index (χ3v) is 3.37. The van der Waals surface area contributed by atoms with Crippen molar-refractivity contribution in [1.29, 1.82) is 0 Å². The van der Waals surface area contributed by atoms with Crippen LogP contribution in [0.1, 0.15) is 39.5 Å². The molecule has 0 aromatic carbocycles. The van der Waals surface area contributed by atoms with Crippen molar-refractivity contribution in [2.75, 3.05) is 20.1 Å². The van der Waals surface area contributed by atoms with E-state index in [0.29, 0.717) is 12.8 Å². The minimum atomic E-state index is -4.31. The Morgan fingerprint density at radius 1 is 1.10 bits per heavy atom. The van der Waals surface area contributed by atoms with Crippen molar-refractivity contribution >= 4 is 0 Å². The number of hydrogen-bond donors (Lipinski definition) is 0. The molecule has 0 radical (unpaired) electrons. The number of hydrogen-bond acceptors (Lipinski definition) is 2. The smallest absolute Gasteiger partial charge is 0.419 e. The summed E-state index contributed by atoms with van der Waals surface area (Å²) in [6.07, 6.45) is 1.06. The molecule has 20 heavy (non-hydrogen) atoms. The molecular formula is C15H24F3NO. The Kier molecular flexibility index (Phi) is 6.59. The highest BCUT2D eigenvalue weighted by Crippen LogP contribution is 2.36. The minimum Gasteiger partial charge on any atom is -0.490 e. The van der Waals surface area contributed by atoms with Gasteiger partial charge >= 0.3 is 6.18 Å². The van der Waals surface area contributed by atoms with Crippen molar-refractivity contribution in [3.8, 4) is 0 Å². The standard InChI is InChI=1S/C13H18F3NO.C2H6/c1-17-8-6-10(7-9-17)18-12-5-3-2-4-11(12)13(14,15)16;1-2/h4-5,10H,2-3,6-9H2,1H3;1-2H3. The molecule has 1 aliphatic carbocycles. The minimum absolute atomic E-state index is 0.0308. The third kappa shape index (κ3) is 4.85. The third-order valence-electron chi connectivity index (χ3n) is 3.37. The van der Waals surface area contributed by atoms with Crippen LogP contribution in [0.4, 0.5) is 13.2 Å². The number of ether oxygens (including phenoxy) is 1. The number of rotatable bonds is 2. The van der Waals surface area contributed by atoms with Crippen LogP contribution in [-0.4, -0.2) is 37.3 Å². The van der Waals surface area contributed by atoms with Crippen LogP contribution in [-0.2, 0) is 4.74 Å². The van der Waals surface area contributed by atoms with Crippen LogP contribution in [0, 0.1) is 0 Å². The lowest BCUT2D eigenvalue weighted by atomic mass is 10.0. The van der Waals surface area contributed by atoms with E-state index >= 15 is 0 Å². The first kappa shape index (κ1) is 17.1. The lowest BCUT2D eigenvalue weighted by Crippen LogP contribution is -2.34. The summed E-state index contributed by atoms with van der Waals surface area (Å²) in [4.78, 5) is 2.16. The average Bonchev–Trinajstić information content (AvgIpc) is 2.43. The molecule has 0 aromatic heterocycles. The predicted octanol–water partition coefficient (Wildman–Crippen LogP) is 4.29. The highest BCUT2D eigenvalue weighted by molar-refractivity contribution is 5.33. The van der Waals surface area contributed by atoms with Gasteiger partial charge in [0, 0.05) is 13.1 Å². The molecule has 0 N–H and O–H groups in total. The largest absolute Gasteiger partial charge is 0.490 e. The fourth-order valence-corrected chi connectivity index (χ4v) is 2.30. The van der Waals surface area contributed by atoms with Gasteiger partial charge in [0.15, 0.2) is 0 Å². The summed E-state index contributed by atoms with van der Waals surface area (Å²) in [5.41, 5.74) is -0.604. The molecular weight excluding hydrogens is 267 g/mol. The first-order valence-corrected chi connectivity index (χ1v) is 7.30. The second-order valence-electron chi connectivity index (χ2n) is 4.88. The van der Waals surface area contributed by atoms with Gasteiger partial charge in [-0.05, 0) is 38.8 Å². The average molecular weight is 291 g/mol. The molecule has 2 rings (SSSR count). The van der Waals surface area contributed by atoms with Crippen LogP contribution >= 0.6 is 0 Å². The normalized spacial score (nSPS) is 21.5. The first-order valence-electron chi connectivity index (χ1n) is 7.30. The number of likely N-dealkylation sites (tertiary alicyclic amines) is 1. The predicted molar refractivity (Wildman–Crippen MR) is 74.4 cm³/mol. The van der Waals surface area contributed by atoms with Gasteiger partial charge in [-0.2, -0.15) is 13.2 Å².